The Balaban J connectivity index is 2.10. The number of halogens is 3. The molecule has 0 fully saturated rings. The second-order valence-electron chi connectivity index (χ2n) is 6.67. The quantitative estimate of drug-likeness (QED) is 0.621. The van der Waals surface area contributed by atoms with Gasteiger partial charge in [-0.2, -0.15) is 13.8 Å². The zero-order valence-electron chi connectivity index (χ0n) is 16.3. The van der Waals surface area contributed by atoms with Crippen molar-refractivity contribution in [3.05, 3.63) is 53.9 Å². The number of nitrogens with one attached hydrogen (secondary N) is 1. The number of hydrogen-bond donors (Lipinski definition) is 2. The molecule has 0 aliphatic carbocycles. The number of benzene rings is 1. The molecular formula is C20H24F3N3O3. The highest BCUT2D eigenvalue weighted by Gasteiger charge is 2.26. The van der Waals surface area contributed by atoms with Gasteiger partial charge in [0.2, 0.25) is 0 Å². The fourth-order valence-corrected chi connectivity index (χ4v) is 2.74. The largest absolute Gasteiger partial charge is 0.386 e. The summed E-state index contributed by atoms with van der Waals surface area (Å²) in [7, 11) is 3.57. The fourth-order valence-electron chi connectivity index (χ4n) is 2.74. The molecule has 2 aromatic rings. The van der Waals surface area contributed by atoms with Crippen LogP contribution in [0.5, 0.6) is 0 Å². The van der Waals surface area contributed by atoms with E-state index in [4.69, 9.17) is 4.84 Å². The molecule has 1 aromatic carbocycles. The van der Waals surface area contributed by atoms with Crippen molar-refractivity contribution in [1.29, 1.82) is 0 Å². The van der Waals surface area contributed by atoms with Crippen LogP contribution < -0.4 is 5.32 Å². The molecule has 2 N–H and O–H groups in total. The van der Waals surface area contributed by atoms with Gasteiger partial charge in [0.25, 0.3) is 5.91 Å². The molecule has 1 heterocycles. The van der Waals surface area contributed by atoms with Crippen LogP contribution in [0, 0.1) is 0 Å². The molecule has 0 spiro atoms. The first kappa shape index (κ1) is 22.8. The maximum atomic E-state index is 13.1. The van der Waals surface area contributed by atoms with E-state index in [1.165, 1.54) is 0 Å². The number of aromatic nitrogens is 1. The Bertz CT molecular complexity index is 786. The second kappa shape index (κ2) is 10.3. The maximum Gasteiger partial charge on any atom is 0.315 e. The van der Waals surface area contributed by atoms with Crippen LogP contribution in [0.1, 0.15) is 30.4 Å². The number of alkyl halides is 3. The number of pyridine rings is 1. The molecule has 0 bridgehead atoms. The summed E-state index contributed by atoms with van der Waals surface area (Å²) in [6, 6.07) is 8.73. The number of hydrogen-bond acceptors (Lipinski definition) is 5. The van der Waals surface area contributed by atoms with Crippen molar-refractivity contribution in [2.24, 2.45) is 0 Å². The van der Waals surface area contributed by atoms with E-state index in [0.717, 1.165) is 16.8 Å². The second-order valence-corrected chi connectivity index (χ2v) is 6.67. The third-order valence-electron chi connectivity index (χ3n) is 4.23. The number of aliphatic hydroxyl groups excluding tert-OH is 1. The first-order chi connectivity index (χ1) is 13.7. The van der Waals surface area contributed by atoms with Gasteiger partial charge in [0.15, 0.2) is 0 Å². The lowest BCUT2D eigenvalue weighted by Gasteiger charge is -2.22. The van der Waals surface area contributed by atoms with Crippen LogP contribution >= 0.6 is 0 Å². The fraction of sp³-hybridized carbons (Fsp3) is 0.400. The Morgan fingerprint density at radius 3 is 2.28 bits per heavy atom. The van der Waals surface area contributed by atoms with E-state index < -0.39 is 31.2 Å². The molecule has 3 atom stereocenters. The summed E-state index contributed by atoms with van der Waals surface area (Å²) in [6.45, 7) is 0.701. The van der Waals surface area contributed by atoms with Gasteiger partial charge >= 0.3 is 6.43 Å². The molecule has 6 nitrogen and oxygen atoms in total. The van der Waals surface area contributed by atoms with Crippen molar-refractivity contribution in [1.82, 2.24) is 15.4 Å². The van der Waals surface area contributed by atoms with E-state index in [1.807, 2.05) is 19.1 Å². The number of carbonyl (C=O) groups is 1. The number of nitrogens with zero attached hydrogens (tertiary/aromatic N) is 2. The summed E-state index contributed by atoms with van der Waals surface area (Å²) in [5.74, 6) is -1.62. The predicted octanol–water partition coefficient (Wildman–Crippen LogP) is 3.06. The lowest BCUT2D eigenvalue weighted by atomic mass is 9.99. The average molecular weight is 411 g/mol. The first-order valence-electron chi connectivity index (χ1n) is 8.95. The highest BCUT2D eigenvalue weighted by atomic mass is 19.3. The van der Waals surface area contributed by atoms with Crippen LogP contribution in [-0.2, 0) is 9.63 Å². The van der Waals surface area contributed by atoms with Gasteiger partial charge in [-0.3, -0.25) is 14.6 Å². The normalized spacial score (nSPS) is 14.7. The Hall–Kier alpha value is -2.49. The van der Waals surface area contributed by atoms with Gasteiger partial charge in [-0.15, -0.1) is 0 Å². The van der Waals surface area contributed by atoms with Crippen molar-refractivity contribution in [2.45, 2.75) is 31.6 Å². The zero-order chi connectivity index (χ0) is 21.6. The molecule has 1 unspecified atom stereocenters. The molecule has 0 saturated carbocycles. The summed E-state index contributed by atoms with van der Waals surface area (Å²) in [4.78, 5) is 21.0. The van der Waals surface area contributed by atoms with E-state index in [0.29, 0.717) is 5.56 Å². The number of rotatable bonds is 9. The molecule has 1 amide bonds. The molecule has 1 aromatic heterocycles. The third kappa shape index (κ3) is 6.25. The Morgan fingerprint density at radius 1 is 1.17 bits per heavy atom. The molecule has 9 heteroatoms. The zero-order valence-corrected chi connectivity index (χ0v) is 16.3. The Labute approximate surface area is 167 Å². The van der Waals surface area contributed by atoms with Crippen LogP contribution in [0.3, 0.4) is 0 Å². The molecule has 0 saturated heterocycles. The summed E-state index contributed by atoms with van der Waals surface area (Å²) in [5.41, 5.74) is 2.67. The average Bonchev–Trinajstić information content (AvgIpc) is 2.71. The Kier molecular flexibility index (Phi) is 8.12. The van der Waals surface area contributed by atoms with Gasteiger partial charge in [-0.1, -0.05) is 30.3 Å². The first-order valence-corrected chi connectivity index (χ1v) is 8.95. The van der Waals surface area contributed by atoms with Crippen molar-refractivity contribution < 1.29 is 27.9 Å². The van der Waals surface area contributed by atoms with E-state index in [1.54, 1.807) is 54.9 Å². The number of hydroxylamine groups is 2. The minimum Gasteiger partial charge on any atom is -0.386 e. The third-order valence-corrected chi connectivity index (χ3v) is 4.23. The van der Waals surface area contributed by atoms with Gasteiger partial charge in [0.05, 0.1) is 11.7 Å². The number of aliphatic hydroxyl groups is 1. The van der Waals surface area contributed by atoms with Crippen molar-refractivity contribution in [2.75, 3.05) is 20.8 Å². The van der Waals surface area contributed by atoms with E-state index in [-0.39, 0.29) is 6.10 Å². The van der Waals surface area contributed by atoms with Crippen molar-refractivity contribution in [3.63, 3.8) is 0 Å². The van der Waals surface area contributed by atoms with Gasteiger partial charge in [0, 0.05) is 25.9 Å². The predicted molar refractivity (Wildman–Crippen MR) is 102 cm³/mol. The van der Waals surface area contributed by atoms with Gasteiger partial charge in [-0.05, 0) is 24.1 Å². The van der Waals surface area contributed by atoms with Crippen LogP contribution in [-0.4, -0.2) is 54.3 Å². The number of carbonyl (C=O) groups excluding carboxylic acids is 1. The minimum absolute atomic E-state index is 0.211. The molecule has 0 aliphatic heterocycles. The highest BCUT2D eigenvalue weighted by molar-refractivity contribution is 5.79. The van der Waals surface area contributed by atoms with Crippen LogP contribution in [0.4, 0.5) is 13.2 Å². The van der Waals surface area contributed by atoms with Gasteiger partial charge < -0.3 is 10.4 Å². The lowest BCUT2D eigenvalue weighted by molar-refractivity contribution is -0.161. The maximum absolute atomic E-state index is 13.1. The molecular weight excluding hydrogens is 387 g/mol. The molecule has 158 valence electrons. The summed E-state index contributed by atoms with van der Waals surface area (Å²) >= 11 is 0. The van der Waals surface area contributed by atoms with Crippen molar-refractivity contribution >= 4 is 5.91 Å². The van der Waals surface area contributed by atoms with Crippen LogP contribution in [0.2, 0.25) is 0 Å². The summed E-state index contributed by atoms with van der Waals surface area (Å²) in [5, 5.41) is 13.6. The van der Waals surface area contributed by atoms with Crippen molar-refractivity contribution in [3.8, 4) is 11.1 Å². The van der Waals surface area contributed by atoms with Gasteiger partial charge in [0.1, 0.15) is 18.9 Å². The minimum atomic E-state index is -3.28. The Morgan fingerprint density at radius 2 is 1.79 bits per heavy atom. The number of amides is 1. The standard InChI is InChI=1S/C20H24F3N3O3/c1-12(29-26(2)3)16-9-8-15(11-24-16)13-4-6-14(7-5-13)18(27)17(10-21)25-20(28)19(22)23/h4-9,11-12,17-19,27H,10H2,1-3H3,(H,25,28)/t12?,17-,18-/m1/s1. The van der Waals surface area contributed by atoms with Crippen LogP contribution in [0.15, 0.2) is 42.6 Å². The van der Waals surface area contributed by atoms with E-state index >= 15 is 0 Å². The molecule has 29 heavy (non-hydrogen) atoms. The highest BCUT2D eigenvalue weighted by Crippen LogP contribution is 2.25. The topological polar surface area (TPSA) is 74.7 Å². The molecule has 0 radical (unpaired) electrons. The van der Waals surface area contributed by atoms with Crippen LogP contribution in [0.25, 0.3) is 11.1 Å². The summed E-state index contributed by atoms with van der Waals surface area (Å²) < 4.78 is 37.8. The molecule has 2 rings (SSSR count). The monoisotopic (exact) mass is 411 g/mol. The van der Waals surface area contributed by atoms with E-state index in [2.05, 4.69) is 4.98 Å². The lowest BCUT2D eigenvalue weighted by Crippen LogP contribution is -2.43. The molecule has 0 aliphatic rings. The van der Waals surface area contributed by atoms with E-state index in [9.17, 15) is 23.1 Å². The van der Waals surface area contributed by atoms with Gasteiger partial charge in [-0.25, -0.2) is 4.39 Å². The summed E-state index contributed by atoms with van der Waals surface area (Å²) in [6.07, 6.45) is -3.26. The smallest absolute Gasteiger partial charge is 0.315 e. The SMILES string of the molecule is CC(ON(C)C)c1ccc(-c2ccc([C@@H](O)[C@@H](CF)NC(=O)C(F)F)cc2)cn1.